The Hall–Kier alpha value is -3.28. The second-order valence-electron chi connectivity index (χ2n) is 7.29. The first kappa shape index (κ1) is 23.0. The molecule has 160 valence electrons. The van der Waals surface area contributed by atoms with Crippen molar-refractivity contribution in [2.75, 3.05) is 13.2 Å². The van der Waals surface area contributed by atoms with Crippen LogP contribution in [0.25, 0.3) is 10.8 Å². The van der Waals surface area contributed by atoms with Crippen LogP contribution in [-0.2, 0) is 19.1 Å². The van der Waals surface area contributed by atoms with Gasteiger partial charge in [-0.25, -0.2) is 9.59 Å². The summed E-state index contributed by atoms with van der Waals surface area (Å²) in [4.78, 5) is 23.1. The van der Waals surface area contributed by atoms with E-state index in [9.17, 15) is 9.59 Å². The van der Waals surface area contributed by atoms with Gasteiger partial charge in [-0.3, -0.25) is 0 Å². The van der Waals surface area contributed by atoms with Crippen LogP contribution in [-0.4, -0.2) is 37.4 Å². The second kappa shape index (κ2) is 10.5. The molecule has 0 aliphatic carbocycles. The van der Waals surface area contributed by atoms with Crippen molar-refractivity contribution in [3.05, 3.63) is 60.7 Å². The minimum absolute atomic E-state index is 0.228. The van der Waals surface area contributed by atoms with Crippen LogP contribution in [0, 0.1) is 0 Å². The number of benzene rings is 2. The quantitative estimate of drug-likeness (QED) is 0.419. The van der Waals surface area contributed by atoms with Gasteiger partial charge in [0.25, 0.3) is 0 Å². The first-order valence-corrected chi connectivity index (χ1v) is 9.68. The Morgan fingerprint density at radius 3 is 1.53 bits per heavy atom. The van der Waals surface area contributed by atoms with Gasteiger partial charge in [-0.15, -0.1) is 0 Å². The number of fused-ring (bicyclic) bond motifs is 1. The molecule has 2 aromatic carbocycles. The monoisotopic (exact) mass is 412 g/mol. The molecule has 0 saturated carbocycles. The van der Waals surface area contributed by atoms with E-state index in [0.29, 0.717) is 22.6 Å². The van der Waals surface area contributed by atoms with Gasteiger partial charge in [-0.05, 0) is 62.7 Å². The van der Waals surface area contributed by atoms with E-state index in [1.807, 2.05) is 36.4 Å². The number of ether oxygens (including phenoxy) is 4. The number of esters is 2. The summed E-state index contributed by atoms with van der Waals surface area (Å²) < 4.78 is 21.9. The molecule has 2 unspecified atom stereocenters. The van der Waals surface area contributed by atoms with Crippen LogP contribution in [0.15, 0.2) is 60.7 Å². The molecule has 0 N–H and O–H groups in total. The predicted molar refractivity (Wildman–Crippen MR) is 116 cm³/mol. The smallest absolute Gasteiger partial charge is 0.333 e. The summed E-state index contributed by atoms with van der Waals surface area (Å²) in [5.41, 5.74) is 0.701. The molecule has 2 aromatic rings. The Morgan fingerprint density at radius 2 is 1.17 bits per heavy atom. The first-order chi connectivity index (χ1) is 14.2. The minimum atomic E-state index is -0.436. The zero-order valence-electron chi connectivity index (χ0n) is 17.9. The number of rotatable bonds is 10. The molecule has 0 heterocycles. The number of carbonyl (C=O) groups is 2. The fourth-order valence-electron chi connectivity index (χ4n) is 2.44. The van der Waals surface area contributed by atoms with Crippen LogP contribution in [0.3, 0.4) is 0 Å². The summed E-state index contributed by atoms with van der Waals surface area (Å²) in [5.74, 6) is 0.437. The molecule has 0 amide bonds. The molecule has 0 aliphatic rings. The molecular formula is C24H28O6. The first-order valence-electron chi connectivity index (χ1n) is 9.68. The third-order valence-corrected chi connectivity index (χ3v) is 4.07. The molecule has 30 heavy (non-hydrogen) atoms. The Balaban J connectivity index is 1.96. The SMILES string of the molecule is C=C(C)C(=O)OC(C)COc1ccc2ccc(OCC(C)OC(=O)C(=C)C)cc2c1. The Morgan fingerprint density at radius 1 is 0.767 bits per heavy atom. The molecule has 2 rings (SSSR count). The van der Waals surface area contributed by atoms with Crippen LogP contribution < -0.4 is 9.47 Å². The van der Waals surface area contributed by atoms with Crippen LogP contribution in [0.1, 0.15) is 27.7 Å². The van der Waals surface area contributed by atoms with Gasteiger partial charge in [0, 0.05) is 11.1 Å². The summed E-state index contributed by atoms with van der Waals surface area (Å²) in [6.07, 6.45) is -0.800. The van der Waals surface area contributed by atoms with E-state index in [1.54, 1.807) is 27.7 Å². The molecule has 2 atom stereocenters. The zero-order valence-corrected chi connectivity index (χ0v) is 17.9. The van der Waals surface area contributed by atoms with Crippen LogP contribution in [0.4, 0.5) is 0 Å². The van der Waals surface area contributed by atoms with Gasteiger partial charge in [0.1, 0.15) is 36.9 Å². The molecule has 0 fully saturated rings. The van der Waals surface area contributed by atoms with Crippen molar-refractivity contribution >= 4 is 22.7 Å². The maximum Gasteiger partial charge on any atom is 0.333 e. The second-order valence-corrected chi connectivity index (χ2v) is 7.29. The molecule has 0 radical (unpaired) electrons. The molecule has 0 saturated heterocycles. The molecule has 0 aliphatic heterocycles. The van der Waals surface area contributed by atoms with Gasteiger partial charge in [0.2, 0.25) is 0 Å². The molecule has 6 nitrogen and oxygen atoms in total. The van der Waals surface area contributed by atoms with Gasteiger partial charge >= 0.3 is 11.9 Å². The summed E-state index contributed by atoms with van der Waals surface area (Å²) in [7, 11) is 0. The van der Waals surface area contributed by atoms with Crippen molar-refractivity contribution in [3.63, 3.8) is 0 Å². The average molecular weight is 412 g/mol. The van der Waals surface area contributed by atoms with Crippen molar-refractivity contribution in [1.82, 2.24) is 0 Å². The molecule has 0 bridgehead atoms. The topological polar surface area (TPSA) is 71.1 Å². The maximum atomic E-state index is 11.6. The number of hydrogen-bond acceptors (Lipinski definition) is 6. The van der Waals surface area contributed by atoms with E-state index in [2.05, 4.69) is 13.2 Å². The van der Waals surface area contributed by atoms with Gasteiger partial charge in [0.15, 0.2) is 0 Å². The Kier molecular flexibility index (Phi) is 8.04. The van der Waals surface area contributed by atoms with Crippen LogP contribution in [0.2, 0.25) is 0 Å². The van der Waals surface area contributed by atoms with Crippen molar-refractivity contribution in [1.29, 1.82) is 0 Å². The highest BCUT2D eigenvalue weighted by Gasteiger charge is 2.12. The average Bonchev–Trinajstić information content (AvgIpc) is 2.70. The van der Waals surface area contributed by atoms with Gasteiger partial charge in [-0.1, -0.05) is 25.3 Å². The highest BCUT2D eigenvalue weighted by atomic mass is 16.6. The zero-order chi connectivity index (χ0) is 22.3. The predicted octanol–water partition coefficient (Wildman–Crippen LogP) is 4.61. The highest BCUT2D eigenvalue weighted by molar-refractivity contribution is 5.87. The molecule has 6 heteroatoms. The number of carbonyl (C=O) groups excluding carboxylic acids is 2. The van der Waals surface area contributed by atoms with Crippen molar-refractivity contribution < 1.29 is 28.5 Å². The van der Waals surface area contributed by atoms with Crippen molar-refractivity contribution in [2.24, 2.45) is 0 Å². The summed E-state index contributed by atoms with van der Waals surface area (Å²) in [6, 6.07) is 11.4. The standard InChI is InChI=1S/C24H28O6/c1-15(2)23(25)29-17(5)13-27-21-9-7-19-8-10-22(12-20(19)11-21)28-14-18(6)30-24(26)16(3)4/h7-12,17-18H,1,3,13-14H2,2,4-6H3. The van der Waals surface area contributed by atoms with Gasteiger partial charge < -0.3 is 18.9 Å². The molecule has 0 spiro atoms. The fraction of sp³-hybridized carbons (Fsp3) is 0.333. The normalized spacial score (nSPS) is 12.5. The minimum Gasteiger partial charge on any atom is -0.490 e. The Bertz CT molecular complexity index is 873. The third kappa shape index (κ3) is 6.95. The van der Waals surface area contributed by atoms with Gasteiger partial charge in [-0.2, -0.15) is 0 Å². The van der Waals surface area contributed by atoms with E-state index in [4.69, 9.17) is 18.9 Å². The summed E-state index contributed by atoms with van der Waals surface area (Å²) in [5, 5.41) is 1.96. The largest absolute Gasteiger partial charge is 0.490 e. The van der Waals surface area contributed by atoms with E-state index >= 15 is 0 Å². The van der Waals surface area contributed by atoms with Gasteiger partial charge in [0.05, 0.1) is 0 Å². The summed E-state index contributed by atoms with van der Waals surface area (Å²) in [6.45, 7) is 14.3. The lowest BCUT2D eigenvalue weighted by atomic mass is 10.1. The molecular weight excluding hydrogens is 384 g/mol. The van der Waals surface area contributed by atoms with Crippen molar-refractivity contribution in [3.8, 4) is 11.5 Å². The lowest BCUT2D eigenvalue weighted by molar-refractivity contribution is -0.145. The lowest BCUT2D eigenvalue weighted by Gasteiger charge is -2.16. The fourth-order valence-corrected chi connectivity index (χ4v) is 2.44. The van der Waals surface area contributed by atoms with E-state index in [0.717, 1.165) is 10.8 Å². The van der Waals surface area contributed by atoms with E-state index in [1.165, 1.54) is 0 Å². The lowest BCUT2D eigenvalue weighted by Crippen LogP contribution is -2.22. The van der Waals surface area contributed by atoms with Crippen LogP contribution >= 0.6 is 0 Å². The number of hydrogen-bond donors (Lipinski definition) is 0. The maximum absolute atomic E-state index is 11.6. The highest BCUT2D eigenvalue weighted by Crippen LogP contribution is 2.25. The van der Waals surface area contributed by atoms with E-state index in [-0.39, 0.29) is 13.2 Å². The molecule has 0 aromatic heterocycles. The Labute approximate surface area is 177 Å². The van der Waals surface area contributed by atoms with Crippen LogP contribution in [0.5, 0.6) is 11.5 Å². The van der Waals surface area contributed by atoms with E-state index < -0.39 is 24.1 Å². The summed E-state index contributed by atoms with van der Waals surface area (Å²) >= 11 is 0. The van der Waals surface area contributed by atoms with Crippen molar-refractivity contribution in [2.45, 2.75) is 39.9 Å². The third-order valence-electron chi connectivity index (χ3n) is 4.07.